The Balaban J connectivity index is 0.00000341. The van der Waals surface area contributed by atoms with E-state index in [-0.39, 0.29) is 24.0 Å². The Morgan fingerprint density at radius 3 is 2.65 bits per heavy atom. The molecule has 0 bridgehead atoms. The van der Waals surface area contributed by atoms with Gasteiger partial charge in [0.25, 0.3) is 0 Å². The van der Waals surface area contributed by atoms with Crippen molar-refractivity contribution in [3.8, 4) is 5.75 Å². The van der Waals surface area contributed by atoms with Gasteiger partial charge in [0.05, 0.1) is 13.7 Å². The van der Waals surface area contributed by atoms with Crippen LogP contribution in [0.15, 0.2) is 41.5 Å². The molecule has 0 spiro atoms. The normalized spacial score (nSPS) is 14.0. The van der Waals surface area contributed by atoms with E-state index in [2.05, 4.69) is 64.7 Å². The third-order valence-corrected chi connectivity index (χ3v) is 5.43. The molecule has 1 saturated heterocycles. The molecular weight excluding hydrogens is 501 g/mol. The number of methoxy groups -OCH3 is 1. The first-order valence-electron chi connectivity index (χ1n) is 11.0. The van der Waals surface area contributed by atoms with Crippen molar-refractivity contribution in [3.63, 3.8) is 0 Å². The summed E-state index contributed by atoms with van der Waals surface area (Å²) in [5.74, 6) is 2.86. The van der Waals surface area contributed by atoms with Gasteiger partial charge in [-0.3, -0.25) is 0 Å². The summed E-state index contributed by atoms with van der Waals surface area (Å²) < 4.78 is 5.43. The van der Waals surface area contributed by atoms with Crippen LogP contribution < -0.4 is 20.3 Å². The highest BCUT2D eigenvalue weighted by atomic mass is 127. The van der Waals surface area contributed by atoms with E-state index in [0.717, 1.165) is 55.7 Å². The Morgan fingerprint density at radius 1 is 1.10 bits per heavy atom. The number of piperidine rings is 1. The molecular formula is C24H36IN5O. The molecule has 0 atom stereocenters. The number of hydrogen-bond acceptors (Lipinski definition) is 4. The second-order valence-electron chi connectivity index (χ2n) is 7.75. The number of benzene rings is 1. The van der Waals surface area contributed by atoms with Gasteiger partial charge in [-0.2, -0.15) is 0 Å². The number of hydrogen-bond donors (Lipinski definition) is 2. The van der Waals surface area contributed by atoms with Crippen molar-refractivity contribution in [3.05, 3.63) is 53.2 Å². The van der Waals surface area contributed by atoms with E-state index in [1.807, 2.05) is 6.20 Å². The van der Waals surface area contributed by atoms with E-state index in [4.69, 9.17) is 9.73 Å². The number of guanidine groups is 1. The van der Waals surface area contributed by atoms with Gasteiger partial charge in [0.1, 0.15) is 11.6 Å². The number of ether oxygens (including phenoxy) is 1. The lowest BCUT2D eigenvalue weighted by atomic mass is 10.1. The molecule has 6 nitrogen and oxygen atoms in total. The number of nitrogens with one attached hydrogen (secondary N) is 2. The van der Waals surface area contributed by atoms with Gasteiger partial charge in [-0.1, -0.05) is 12.1 Å². The summed E-state index contributed by atoms with van der Waals surface area (Å²) in [5, 5.41) is 6.78. The average Bonchev–Trinajstić information content (AvgIpc) is 2.79. The largest absolute Gasteiger partial charge is 0.496 e. The highest BCUT2D eigenvalue weighted by molar-refractivity contribution is 14.0. The number of nitrogens with zero attached hydrogens (tertiary/aromatic N) is 3. The predicted molar refractivity (Wildman–Crippen MR) is 140 cm³/mol. The van der Waals surface area contributed by atoms with E-state index in [0.29, 0.717) is 6.54 Å². The molecule has 2 heterocycles. The van der Waals surface area contributed by atoms with Gasteiger partial charge in [0.2, 0.25) is 0 Å². The fourth-order valence-electron chi connectivity index (χ4n) is 3.71. The van der Waals surface area contributed by atoms with Crippen LogP contribution in [0.1, 0.15) is 42.9 Å². The van der Waals surface area contributed by atoms with Crippen molar-refractivity contribution in [2.45, 2.75) is 46.1 Å². The number of rotatable bonds is 8. The third kappa shape index (κ3) is 7.87. The summed E-state index contributed by atoms with van der Waals surface area (Å²) in [7, 11) is 1.72. The van der Waals surface area contributed by atoms with E-state index < -0.39 is 0 Å². The van der Waals surface area contributed by atoms with Crippen molar-refractivity contribution in [2.75, 3.05) is 38.2 Å². The van der Waals surface area contributed by atoms with Gasteiger partial charge in [0.15, 0.2) is 5.96 Å². The van der Waals surface area contributed by atoms with Gasteiger partial charge in [-0.15, -0.1) is 24.0 Å². The molecule has 1 aromatic carbocycles. The summed E-state index contributed by atoms with van der Waals surface area (Å²) in [6.45, 7) is 8.64. The molecule has 0 amide bonds. The van der Waals surface area contributed by atoms with Crippen LogP contribution in [-0.4, -0.2) is 44.2 Å². The number of pyridine rings is 1. The van der Waals surface area contributed by atoms with Crippen LogP contribution in [0.4, 0.5) is 5.82 Å². The molecule has 3 rings (SSSR count). The van der Waals surface area contributed by atoms with Crippen molar-refractivity contribution in [2.24, 2.45) is 4.99 Å². The second kappa shape index (κ2) is 13.4. The van der Waals surface area contributed by atoms with Gasteiger partial charge in [-0.25, -0.2) is 9.98 Å². The molecule has 1 aliphatic rings. The minimum atomic E-state index is 0. The van der Waals surface area contributed by atoms with E-state index in [9.17, 15) is 0 Å². The predicted octanol–water partition coefficient (Wildman–Crippen LogP) is 4.30. The van der Waals surface area contributed by atoms with Gasteiger partial charge in [-0.05, 0) is 74.4 Å². The maximum atomic E-state index is 5.43. The van der Waals surface area contributed by atoms with Crippen LogP contribution >= 0.6 is 24.0 Å². The standard InChI is InChI=1S/C24H35N5O.HI/c1-4-25-24(27-13-10-20-9-8-19(2)22(16-20)30-3)28-18-21-11-12-26-23(17-21)29-14-6-5-7-15-29;/h8-9,11-12,16-17H,4-7,10,13-15,18H2,1-3H3,(H2,25,27,28);1H. The molecule has 0 saturated carbocycles. The first kappa shape index (κ1) is 25.2. The minimum Gasteiger partial charge on any atom is -0.496 e. The molecule has 2 N–H and O–H groups in total. The molecule has 170 valence electrons. The fourth-order valence-corrected chi connectivity index (χ4v) is 3.71. The smallest absolute Gasteiger partial charge is 0.191 e. The van der Waals surface area contributed by atoms with Crippen LogP contribution in [0.25, 0.3) is 0 Å². The van der Waals surface area contributed by atoms with Crippen molar-refractivity contribution >= 4 is 35.8 Å². The van der Waals surface area contributed by atoms with Gasteiger partial charge >= 0.3 is 0 Å². The first-order chi connectivity index (χ1) is 14.7. The van der Waals surface area contributed by atoms with Crippen LogP contribution in [0.3, 0.4) is 0 Å². The zero-order valence-electron chi connectivity index (χ0n) is 19.0. The molecule has 0 radical (unpaired) electrons. The monoisotopic (exact) mass is 537 g/mol. The first-order valence-corrected chi connectivity index (χ1v) is 11.0. The summed E-state index contributed by atoms with van der Waals surface area (Å²) in [6.07, 6.45) is 6.65. The van der Waals surface area contributed by atoms with Gasteiger partial charge < -0.3 is 20.3 Å². The molecule has 1 aromatic heterocycles. The number of aryl methyl sites for hydroxylation is 1. The molecule has 1 aliphatic heterocycles. The topological polar surface area (TPSA) is 61.8 Å². The zero-order chi connectivity index (χ0) is 21.2. The summed E-state index contributed by atoms with van der Waals surface area (Å²) in [4.78, 5) is 11.7. The number of aliphatic imine (C=N–C) groups is 1. The maximum absolute atomic E-state index is 5.43. The summed E-state index contributed by atoms with van der Waals surface area (Å²) in [6, 6.07) is 10.6. The van der Waals surface area contributed by atoms with Crippen molar-refractivity contribution in [1.82, 2.24) is 15.6 Å². The van der Waals surface area contributed by atoms with E-state index >= 15 is 0 Å². The number of halogens is 1. The quantitative estimate of drug-likeness (QED) is 0.299. The SMILES string of the molecule is CCNC(=NCc1ccnc(N2CCCCC2)c1)NCCc1ccc(C)c(OC)c1.I. The van der Waals surface area contributed by atoms with Gasteiger partial charge in [0, 0.05) is 32.4 Å². The number of aromatic nitrogens is 1. The lowest BCUT2D eigenvalue weighted by molar-refractivity contribution is 0.411. The Hall–Kier alpha value is -2.03. The zero-order valence-corrected chi connectivity index (χ0v) is 21.3. The Labute approximate surface area is 203 Å². The lowest BCUT2D eigenvalue weighted by Gasteiger charge is -2.27. The highest BCUT2D eigenvalue weighted by Crippen LogP contribution is 2.20. The van der Waals surface area contributed by atoms with Crippen LogP contribution in [-0.2, 0) is 13.0 Å². The Bertz CT molecular complexity index is 836. The highest BCUT2D eigenvalue weighted by Gasteiger charge is 2.12. The fraction of sp³-hybridized carbons (Fsp3) is 0.500. The average molecular weight is 537 g/mol. The molecule has 0 aliphatic carbocycles. The summed E-state index contributed by atoms with van der Waals surface area (Å²) in [5.41, 5.74) is 3.59. The molecule has 1 fully saturated rings. The lowest BCUT2D eigenvalue weighted by Crippen LogP contribution is -2.38. The van der Waals surface area contributed by atoms with Crippen LogP contribution in [0.5, 0.6) is 5.75 Å². The number of anilines is 1. The minimum absolute atomic E-state index is 0. The Kier molecular flexibility index (Phi) is 10.9. The van der Waals surface area contributed by atoms with E-state index in [1.54, 1.807) is 7.11 Å². The third-order valence-electron chi connectivity index (χ3n) is 5.43. The Morgan fingerprint density at radius 2 is 1.90 bits per heavy atom. The van der Waals surface area contributed by atoms with E-state index in [1.165, 1.54) is 30.4 Å². The molecule has 0 unspecified atom stereocenters. The summed E-state index contributed by atoms with van der Waals surface area (Å²) >= 11 is 0. The molecule has 7 heteroatoms. The molecule has 31 heavy (non-hydrogen) atoms. The van der Waals surface area contributed by atoms with Crippen molar-refractivity contribution < 1.29 is 4.74 Å². The van der Waals surface area contributed by atoms with Crippen LogP contribution in [0, 0.1) is 6.92 Å². The van der Waals surface area contributed by atoms with Crippen LogP contribution in [0.2, 0.25) is 0 Å². The molecule has 2 aromatic rings. The van der Waals surface area contributed by atoms with Crippen molar-refractivity contribution in [1.29, 1.82) is 0 Å². The maximum Gasteiger partial charge on any atom is 0.191 e. The second-order valence-corrected chi connectivity index (χ2v) is 7.75.